The zero-order chi connectivity index (χ0) is 30.8. The highest BCUT2D eigenvalue weighted by Crippen LogP contribution is 2.50. The van der Waals surface area contributed by atoms with Crippen LogP contribution in [0.1, 0.15) is 27.8 Å². The summed E-state index contributed by atoms with van der Waals surface area (Å²) >= 11 is 0. The van der Waals surface area contributed by atoms with Gasteiger partial charge in [0.2, 0.25) is 0 Å². The summed E-state index contributed by atoms with van der Waals surface area (Å²) in [6.45, 7) is 2.10. The number of allylic oxidation sites excluding steroid dienone is 4. The highest BCUT2D eigenvalue weighted by molar-refractivity contribution is 6.59. The topological polar surface area (TPSA) is 26.3 Å². The van der Waals surface area contributed by atoms with Crippen LogP contribution in [-0.2, 0) is 4.79 Å². The van der Waals surface area contributed by atoms with Crippen molar-refractivity contribution in [1.82, 2.24) is 0 Å². The van der Waals surface area contributed by atoms with Crippen LogP contribution in [0.2, 0.25) is 0 Å². The molecule has 0 saturated heterocycles. The lowest BCUT2D eigenvalue weighted by Crippen LogP contribution is -2.01. The van der Waals surface area contributed by atoms with E-state index >= 15 is 0 Å². The van der Waals surface area contributed by atoms with Crippen LogP contribution in [-0.4, -0.2) is 12.9 Å². The number of ether oxygens (including phenoxy) is 1. The largest absolute Gasteiger partial charge is 0.497 e. The summed E-state index contributed by atoms with van der Waals surface area (Å²) in [6, 6.07) is 53.9. The highest BCUT2D eigenvalue weighted by atomic mass is 16.5. The summed E-state index contributed by atoms with van der Waals surface area (Å²) in [6.07, 6.45) is 0. The molecule has 0 bridgehead atoms. The molecule has 45 heavy (non-hydrogen) atoms. The number of carbonyl (C=O) groups excluding carboxylic acids is 1. The fourth-order valence-corrected chi connectivity index (χ4v) is 6.13. The zero-order valence-electron chi connectivity index (χ0n) is 25.3. The van der Waals surface area contributed by atoms with E-state index in [1.165, 1.54) is 11.1 Å². The molecule has 0 saturated carbocycles. The van der Waals surface area contributed by atoms with E-state index in [1.807, 2.05) is 72.8 Å². The molecule has 6 aromatic rings. The van der Waals surface area contributed by atoms with Gasteiger partial charge in [-0.1, -0.05) is 151 Å². The Morgan fingerprint density at radius 1 is 0.356 bits per heavy atom. The van der Waals surface area contributed by atoms with Gasteiger partial charge in [-0.2, -0.15) is 0 Å². The third-order valence-electron chi connectivity index (χ3n) is 8.48. The van der Waals surface area contributed by atoms with Gasteiger partial charge in [0, 0.05) is 22.3 Å². The third-order valence-corrected chi connectivity index (χ3v) is 8.48. The second-order valence-electron chi connectivity index (χ2n) is 11.3. The van der Waals surface area contributed by atoms with E-state index in [-0.39, 0.29) is 5.78 Å². The molecule has 0 aliphatic heterocycles. The summed E-state index contributed by atoms with van der Waals surface area (Å²) in [7, 11) is 1.68. The third kappa shape index (κ3) is 5.43. The van der Waals surface area contributed by atoms with E-state index < -0.39 is 0 Å². The molecule has 7 rings (SSSR count). The Hall–Kier alpha value is -5.73. The number of hydrogen-bond donors (Lipinski definition) is 0. The summed E-state index contributed by atoms with van der Waals surface area (Å²) < 4.78 is 5.35. The van der Waals surface area contributed by atoms with Crippen LogP contribution in [0.4, 0.5) is 0 Å². The summed E-state index contributed by atoms with van der Waals surface area (Å²) in [5.74, 6) is 0.869. The van der Waals surface area contributed by atoms with E-state index in [4.69, 9.17) is 4.74 Å². The van der Waals surface area contributed by atoms with E-state index in [2.05, 4.69) is 91.9 Å². The molecule has 0 atom stereocenters. The molecule has 0 amide bonds. The molecule has 2 nitrogen and oxygen atoms in total. The van der Waals surface area contributed by atoms with Crippen molar-refractivity contribution in [2.24, 2.45) is 0 Å². The lowest BCUT2D eigenvalue weighted by atomic mass is 9.88. The molecule has 0 aromatic heterocycles. The number of Topliss-reactive ketones (excluding diaryl/α,β-unsaturated/α-hetero) is 1. The van der Waals surface area contributed by atoms with Crippen LogP contribution >= 0.6 is 0 Å². The number of carbonyl (C=O) groups is 1. The van der Waals surface area contributed by atoms with Crippen molar-refractivity contribution in [1.29, 1.82) is 0 Å². The number of ketones is 1. The fourth-order valence-electron chi connectivity index (χ4n) is 6.13. The summed E-state index contributed by atoms with van der Waals surface area (Å²) in [5.41, 5.74) is 13.0. The molecule has 0 spiro atoms. The van der Waals surface area contributed by atoms with E-state index in [1.54, 1.807) is 7.11 Å². The Morgan fingerprint density at radius 2 is 0.667 bits per heavy atom. The van der Waals surface area contributed by atoms with Crippen LogP contribution in [0.25, 0.3) is 44.5 Å². The average molecular weight is 581 g/mol. The molecular weight excluding hydrogens is 548 g/mol. The molecule has 0 N–H and O–H groups in total. The minimum Gasteiger partial charge on any atom is -0.497 e. The van der Waals surface area contributed by atoms with E-state index in [0.717, 1.165) is 67.0 Å². The summed E-state index contributed by atoms with van der Waals surface area (Å²) in [4.78, 5) is 14.6. The lowest BCUT2D eigenvalue weighted by molar-refractivity contribution is -0.108. The lowest BCUT2D eigenvalue weighted by Gasteiger charge is -2.15. The number of methoxy groups -OCH3 is 1. The maximum atomic E-state index is 14.6. The standard InChI is InChI=1S/C43H32O2/c1-29-13-15-30(16-14-29)31-17-21-36(22-18-31)39-40(37-23-19-32(20-24-37)33-25-27-38(45-2)28-26-33)42(35-11-7-4-8-12-35)43(44)41(39)34-9-5-3-6-10-34/h3-28H,1-2H3. The van der Waals surface area contributed by atoms with Crippen molar-refractivity contribution in [2.45, 2.75) is 6.92 Å². The zero-order valence-corrected chi connectivity index (χ0v) is 25.3. The number of benzene rings is 6. The molecule has 2 heteroatoms. The molecule has 216 valence electrons. The van der Waals surface area contributed by atoms with Crippen molar-refractivity contribution >= 4 is 28.1 Å². The monoisotopic (exact) mass is 580 g/mol. The maximum Gasteiger partial charge on any atom is 0.195 e. The second-order valence-corrected chi connectivity index (χ2v) is 11.3. The van der Waals surface area contributed by atoms with Crippen molar-refractivity contribution in [3.05, 3.63) is 186 Å². The number of hydrogen-bond acceptors (Lipinski definition) is 2. The first-order chi connectivity index (χ1) is 22.1. The average Bonchev–Trinajstić information content (AvgIpc) is 3.42. The predicted octanol–water partition coefficient (Wildman–Crippen LogP) is 10.4. The van der Waals surface area contributed by atoms with Gasteiger partial charge in [0.15, 0.2) is 5.78 Å². The molecule has 6 aromatic carbocycles. The first-order valence-corrected chi connectivity index (χ1v) is 15.2. The SMILES string of the molecule is COc1ccc(-c2ccc(C3=C(c4ccccc4)C(=O)C(c4ccccc4)=C3c3ccc(-c4ccc(C)cc4)cc3)cc2)cc1. The molecule has 1 aliphatic carbocycles. The Labute approximate surface area is 264 Å². The molecular formula is C43H32O2. The second kappa shape index (κ2) is 12.1. The predicted molar refractivity (Wildman–Crippen MR) is 187 cm³/mol. The van der Waals surface area contributed by atoms with Crippen LogP contribution < -0.4 is 4.74 Å². The van der Waals surface area contributed by atoms with Gasteiger partial charge < -0.3 is 4.74 Å². The molecule has 1 aliphatic rings. The van der Waals surface area contributed by atoms with Gasteiger partial charge in [0.25, 0.3) is 0 Å². The van der Waals surface area contributed by atoms with Crippen LogP contribution in [0, 0.1) is 6.92 Å². The first-order valence-electron chi connectivity index (χ1n) is 15.2. The minimum absolute atomic E-state index is 0.0410. The number of aryl methyl sites for hydroxylation is 1. The van der Waals surface area contributed by atoms with Crippen molar-refractivity contribution in [3.63, 3.8) is 0 Å². The maximum absolute atomic E-state index is 14.6. The Bertz CT molecular complexity index is 2030. The molecule has 0 fully saturated rings. The fraction of sp³-hybridized carbons (Fsp3) is 0.0465. The van der Waals surface area contributed by atoms with Crippen molar-refractivity contribution < 1.29 is 9.53 Å². The van der Waals surface area contributed by atoms with Gasteiger partial charge in [-0.25, -0.2) is 0 Å². The van der Waals surface area contributed by atoms with Crippen LogP contribution in [0.15, 0.2) is 158 Å². The first kappa shape index (κ1) is 28.1. The molecule has 0 heterocycles. The Kier molecular flexibility index (Phi) is 7.55. The van der Waals surface area contributed by atoms with E-state index in [0.29, 0.717) is 0 Å². The highest BCUT2D eigenvalue weighted by Gasteiger charge is 2.35. The Morgan fingerprint density at radius 3 is 1.04 bits per heavy atom. The van der Waals surface area contributed by atoms with Crippen molar-refractivity contribution in [3.8, 4) is 28.0 Å². The molecule has 0 unspecified atom stereocenters. The van der Waals surface area contributed by atoms with Gasteiger partial charge in [0.1, 0.15) is 5.75 Å². The van der Waals surface area contributed by atoms with Crippen molar-refractivity contribution in [2.75, 3.05) is 7.11 Å². The number of rotatable bonds is 7. The quantitative estimate of drug-likeness (QED) is 0.188. The summed E-state index contributed by atoms with van der Waals surface area (Å²) in [5, 5.41) is 0. The smallest absolute Gasteiger partial charge is 0.195 e. The van der Waals surface area contributed by atoms with E-state index in [9.17, 15) is 4.79 Å². The van der Waals surface area contributed by atoms with Gasteiger partial charge in [-0.15, -0.1) is 0 Å². The Balaban J connectivity index is 1.41. The normalized spacial score (nSPS) is 13.0. The minimum atomic E-state index is 0.0410. The van der Waals surface area contributed by atoms with Gasteiger partial charge >= 0.3 is 0 Å². The van der Waals surface area contributed by atoms with Gasteiger partial charge in [-0.3, -0.25) is 4.79 Å². The van der Waals surface area contributed by atoms with Crippen LogP contribution in [0.3, 0.4) is 0 Å². The molecule has 0 radical (unpaired) electrons. The van der Waals surface area contributed by atoms with Gasteiger partial charge in [0.05, 0.1) is 7.11 Å². The van der Waals surface area contributed by atoms with Gasteiger partial charge in [-0.05, 0) is 63.6 Å². The van der Waals surface area contributed by atoms with Crippen LogP contribution in [0.5, 0.6) is 5.75 Å².